The van der Waals surface area contributed by atoms with Gasteiger partial charge in [0.05, 0.1) is 6.04 Å². The Morgan fingerprint density at radius 3 is 2.69 bits per heavy atom. The zero-order valence-electron chi connectivity index (χ0n) is 9.36. The van der Waals surface area contributed by atoms with Crippen LogP contribution in [0.4, 0.5) is 5.69 Å². The highest BCUT2D eigenvalue weighted by Gasteiger charge is 2.20. The van der Waals surface area contributed by atoms with E-state index in [-0.39, 0.29) is 11.8 Å². The van der Waals surface area contributed by atoms with E-state index in [0.717, 1.165) is 17.8 Å². The average Bonchev–Trinajstić information content (AvgIpc) is 2.33. The fourth-order valence-electron chi connectivity index (χ4n) is 1.92. The Kier molecular flexibility index (Phi) is 3.25. The lowest BCUT2D eigenvalue weighted by Crippen LogP contribution is -2.32. The topological polar surface area (TPSA) is 41.1 Å². The molecule has 3 nitrogen and oxygen atoms in total. The number of likely N-dealkylation sites (N-methyl/N-ethyl adjacent to an activating group) is 1. The first kappa shape index (κ1) is 10.7. The maximum absolute atomic E-state index is 11.3. The molecule has 0 aliphatic heterocycles. The largest absolute Gasteiger partial charge is 0.390 e. The van der Waals surface area contributed by atoms with Crippen LogP contribution in [0, 0.1) is 0 Å². The van der Waals surface area contributed by atoms with Gasteiger partial charge in [-0.1, -0.05) is 18.2 Å². The smallest absolute Gasteiger partial charge is 0.157 e. The molecule has 0 aromatic heterocycles. The van der Waals surface area contributed by atoms with E-state index in [2.05, 4.69) is 10.6 Å². The molecule has 0 saturated heterocycles. The summed E-state index contributed by atoms with van der Waals surface area (Å²) < 4.78 is 0. The first-order valence-corrected chi connectivity index (χ1v) is 5.53. The van der Waals surface area contributed by atoms with E-state index < -0.39 is 0 Å². The number of anilines is 1. The number of para-hydroxylation sites is 1. The summed E-state index contributed by atoms with van der Waals surface area (Å²) in [4.78, 5) is 11.3. The summed E-state index contributed by atoms with van der Waals surface area (Å²) in [5.74, 6) is 0.204. The van der Waals surface area contributed by atoms with Gasteiger partial charge in [-0.3, -0.25) is 4.79 Å². The van der Waals surface area contributed by atoms with Crippen molar-refractivity contribution in [3.8, 4) is 0 Å². The third kappa shape index (κ3) is 2.42. The number of rotatable bonds is 3. The van der Waals surface area contributed by atoms with Crippen LogP contribution in [0.2, 0.25) is 0 Å². The number of nitrogens with one attached hydrogen (secondary N) is 2. The highest BCUT2D eigenvalue weighted by Crippen LogP contribution is 2.18. The summed E-state index contributed by atoms with van der Waals surface area (Å²) in [6.45, 7) is 0. The fraction of sp³-hybridized carbons (Fsp3) is 0.308. The van der Waals surface area contributed by atoms with Crippen LogP contribution in [0.25, 0.3) is 0 Å². The third-order valence-corrected chi connectivity index (χ3v) is 2.77. The van der Waals surface area contributed by atoms with Gasteiger partial charge in [-0.05, 0) is 18.6 Å². The molecule has 16 heavy (non-hydrogen) atoms. The molecule has 3 heteroatoms. The number of carbonyl (C=O) groups excluding carboxylic acids is 1. The molecule has 0 radical (unpaired) electrons. The van der Waals surface area contributed by atoms with Crippen LogP contribution in [-0.2, 0) is 4.79 Å². The maximum atomic E-state index is 11.3. The standard InChI is InChI=1S/C13H16N2O/c1-14-13-9-11(16)7-8-12(13)15-10-5-3-2-4-6-10/h2-6,9,12,14-15H,7-8H2,1H3. The van der Waals surface area contributed by atoms with Gasteiger partial charge in [0.1, 0.15) is 0 Å². The van der Waals surface area contributed by atoms with E-state index in [1.807, 2.05) is 37.4 Å². The van der Waals surface area contributed by atoms with Crippen LogP contribution in [0.15, 0.2) is 42.1 Å². The highest BCUT2D eigenvalue weighted by atomic mass is 16.1. The molecule has 1 aromatic rings. The predicted molar refractivity (Wildman–Crippen MR) is 65.2 cm³/mol. The number of hydrogen-bond acceptors (Lipinski definition) is 3. The van der Waals surface area contributed by atoms with Crippen molar-refractivity contribution in [2.24, 2.45) is 0 Å². The molecule has 1 atom stereocenters. The summed E-state index contributed by atoms with van der Waals surface area (Å²) in [6, 6.07) is 10.3. The molecule has 1 aromatic carbocycles. The van der Waals surface area contributed by atoms with Crippen molar-refractivity contribution < 1.29 is 4.79 Å². The lowest BCUT2D eigenvalue weighted by atomic mass is 9.98. The monoisotopic (exact) mass is 216 g/mol. The van der Waals surface area contributed by atoms with Crippen LogP contribution in [-0.4, -0.2) is 18.9 Å². The van der Waals surface area contributed by atoms with Gasteiger partial charge in [0.25, 0.3) is 0 Å². The quantitative estimate of drug-likeness (QED) is 0.811. The minimum atomic E-state index is 0.204. The molecular weight excluding hydrogens is 200 g/mol. The van der Waals surface area contributed by atoms with Crippen LogP contribution in [0.5, 0.6) is 0 Å². The molecular formula is C13H16N2O. The van der Waals surface area contributed by atoms with Crippen molar-refractivity contribution in [1.29, 1.82) is 0 Å². The average molecular weight is 216 g/mol. The number of hydrogen-bond donors (Lipinski definition) is 2. The summed E-state index contributed by atoms with van der Waals surface area (Å²) in [5, 5.41) is 6.50. The van der Waals surface area contributed by atoms with Gasteiger partial charge in [-0.15, -0.1) is 0 Å². The van der Waals surface area contributed by atoms with Crippen LogP contribution in [0.3, 0.4) is 0 Å². The van der Waals surface area contributed by atoms with E-state index in [1.54, 1.807) is 6.08 Å². The van der Waals surface area contributed by atoms with Crippen LogP contribution < -0.4 is 10.6 Å². The predicted octanol–water partition coefficient (Wildman–Crippen LogP) is 1.93. The normalized spacial score (nSPS) is 20.2. The molecule has 2 rings (SSSR count). The first-order chi connectivity index (χ1) is 7.79. The van der Waals surface area contributed by atoms with Crippen LogP contribution >= 0.6 is 0 Å². The van der Waals surface area contributed by atoms with E-state index in [0.29, 0.717) is 6.42 Å². The Morgan fingerprint density at radius 2 is 2.00 bits per heavy atom. The van der Waals surface area contributed by atoms with Gasteiger partial charge >= 0.3 is 0 Å². The highest BCUT2D eigenvalue weighted by molar-refractivity contribution is 5.91. The van der Waals surface area contributed by atoms with Crippen molar-refractivity contribution in [3.05, 3.63) is 42.1 Å². The molecule has 84 valence electrons. The molecule has 1 aliphatic carbocycles. The van der Waals surface area contributed by atoms with Gasteiger partial charge in [0.2, 0.25) is 0 Å². The Morgan fingerprint density at radius 1 is 1.25 bits per heavy atom. The van der Waals surface area contributed by atoms with Gasteiger partial charge in [0, 0.05) is 30.9 Å². The van der Waals surface area contributed by atoms with Crippen molar-refractivity contribution in [1.82, 2.24) is 5.32 Å². The number of allylic oxidation sites excluding steroid dienone is 1. The summed E-state index contributed by atoms with van der Waals surface area (Å²) >= 11 is 0. The molecule has 0 amide bonds. The summed E-state index contributed by atoms with van der Waals surface area (Å²) in [5.41, 5.74) is 2.06. The molecule has 0 saturated carbocycles. The second-order valence-electron chi connectivity index (χ2n) is 3.92. The second kappa shape index (κ2) is 4.84. The Bertz CT molecular complexity index is 398. The van der Waals surface area contributed by atoms with Gasteiger partial charge in [-0.2, -0.15) is 0 Å². The van der Waals surface area contributed by atoms with Crippen molar-refractivity contribution in [2.45, 2.75) is 18.9 Å². The lowest BCUT2D eigenvalue weighted by Gasteiger charge is -2.25. The third-order valence-electron chi connectivity index (χ3n) is 2.77. The molecule has 0 heterocycles. The molecule has 0 spiro atoms. The van der Waals surface area contributed by atoms with Gasteiger partial charge in [0.15, 0.2) is 5.78 Å². The Labute approximate surface area is 95.6 Å². The number of benzene rings is 1. The lowest BCUT2D eigenvalue weighted by molar-refractivity contribution is -0.115. The first-order valence-electron chi connectivity index (χ1n) is 5.53. The number of ketones is 1. The van der Waals surface area contributed by atoms with Crippen molar-refractivity contribution in [3.63, 3.8) is 0 Å². The maximum Gasteiger partial charge on any atom is 0.157 e. The number of carbonyl (C=O) groups is 1. The molecule has 1 unspecified atom stereocenters. The minimum Gasteiger partial charge on any atom is -0.390 e. The van der Waals surface area contributed by atoms with E-state index in [1.165, 1.54) is 0 Å². The Hall–Kier alpha value is -1.77. The van der Waals surface area contributed by atoms with E-state index in [4.69, 9.17) is 0 Å². The van der Waals surface area contributed by atoms with E-state index >= 15 is 0 Å². The minimum absolute atomic E-state index is 0.204. The summed E-state index contributed by atoms with van der Waals surface area (Å²) in [7, 11) is 1.85. The molecule has 2 N–H and O–H groups in total. The van der Waals surface area contributed by atoms with Crippen molar-refractivity contribution in [2.75, 3.05) is 12.4 Å². The SMILES string of the molecule is CNC1=CC(=O)CCC1Nc1ccccc1. The molecule has 1 aliphatic rings. The molecule has 0 bridgehead atoms. The summed E-state index contributed by atoms with van der Waals surface area (Å²) in [6.07, 6.45) is 3.17. The van der Waals surface area contributed by atoms with Gasteiger partial charge in [-0.25, -0.2) is 0 Å². The fourth-order valence-corrected chi connectivity index (χ4v) is 1.92. The van der Waals surface area contributed by atoms with Crippen molar-refractivity contribution >= 4 is 11.5 Å². The van der Waals surface area contributed by atoms with Gasteiger partial charge < -0.3 is 10.6 Å². The Balaban J connectivity index is 2.10. The van der Waals surface area contributed by atoms with Crippen LogP contribution in [0.1, 0.15) is 12.8 Å². The zero-order valence-corrected chi connectivity index (χ0v) is 9.36. The zero-order chi connectivity index (χ0) is 11.4. The van der Waals surface area contributed by atoms with E-state index in [9.17, 15) is 4.79 Å². The molecule has 0 fully saturated rings. The second-order valence-corrected chi connectivity index (χ2v) is 3.92.